The predicted octanol–water partition coefficient (Wildman–Crippen LogP) is 4.62. The lowest BCUT2D eigenvalue weighted by Gasteiger charge is -2.39. The second kappa shape index (κ2) is 6.39. The molecule has 2 aliphatic rings. The van der Waals surface area contributed by atoms with Gasteiger partial charge in [-0.15, -0.1) is 11.3 Å². The maximum atomic E-state index is 5.88. The second-order valence-electron chi connectivity index (χ2n) is 7.27. The fourth-order valence-electron chi connectivity index (χ4n) is 3.96. The van der Waals surface area contributed by atoms with Crippen molar-refractivity contribution in [2.45, 2.75) is 77.0 Å². The van der Waals surface area contributed by atoms with Crippen molar-refractivity contribution in [2.24, 2.45) is 0 Å². The van der Waals surface area contributed by atoms with Crippen LogP contribution >= 0.6 is 11.3 Å². The minimum absolute atomic E-state index is 0.391. The number of hydrogen-bond donors (Lipinski definition) is 0. The maximum Gasteiger partial charge on any atom is 0.0678 e. The highest BCUT2D eigenvalue weighted by atomic mass is 32.1. The predicted molar refractivity (Wildman–Crippen MR) is 90.4 cm³/mol. The van der Waals surface area contributed by atoms with E-state index in [1.54, 1.807) is 9.75 Å². The van der Waals surface area contributed by atoms with Gasteiger partial charge in [0, 0.05) is 28.9 Å². The van der Waals surface area contributed by atoms with Crippen molar-refractivity contribution in [2.75, 3.05) is 13.1 Å². The summed E-state index contributed by atoms with van der Waals surface area (Å²) >= 11 is 2.04. The molecule has 1 aromatic rings. The summed E-state index contributed by atoms with van der Waals surface area (Å²) in [4.78, 5) is 5.85. The van der Waals surface area contributed by atoms with Crippen LogP contribution in [0.2, 0.25) is 0 Å². The van der Waals surface area contributed by atoms with E-state index in [0.717, 1.165) is 25.0 Å². The molecule has 0 radical (unpaired) electrons. The molecule has 2 heterocycles. The van der Waals surface area contributed by atoms with Crippen LogP contribution in [0.3, 0.4) is 0 Å². The van der Waals surface area contributed by atoms with Crippen LogP contribution < -0.4 is 0 Å². The van der Waals surface area contributed by atoms with E-state index >= 15 is 0 Å². The van der Waals surface area contributed by atoms with Crippen LogP contribution in [-0.2, 0) is 4.74 Å². The topological polar surface area (TPSA) is 12.5 Å². The minimum atomic E-state index is 0.391. The molecule has 1 saturated carbocycles. The van der Waals surface area contributed by atoms with Crippen LogP contribution in [0.1, 0.15) is 68.5 Å². The van der Waals surface area contributed by atoms with Gasteiger partial charge in [-0.2, -0.15) is 0 Å². The maximum absolute atomic E-state index is 5.88. The first-order chi connectivity index (χ1) is 10.0. The monoisotopic (exact) mass is 307 g/mol. The first-order valence-corrected chi connectivity index (χ1v) is 9.33. The molecule has 0 bridgehead atoms. The summed E-state index contributed by atoms with van der Waals surface area (Å²) in [6.45, 7) is 11.2. The molecule has 2 nitrogen and oxygen atoms in total. The van der Waals surface area contributed by atoms with E-state index in [4.69, 9.17) is 4.74 Å². The molecule has 1 aromatic heterocycles. The molecule has 4 atom stereocenters. The number of morpholine rings is 1. The lowest BCUT2D eigenvalue weighted by molar-refractivity contribution is -0.0796. The highest BCUT2D eigenvalue weighted by Crippen LogP contribution is 2.41. The van der Waals surface area contributed by atoms with Crippen molar-refractivity contribution in [1.29, 1.82) is 0 Å². The SMILES string of the molecule is CC(C)c1ccc([C@@H]2CC[C@H](N3C[C@@H](C)O[C@@H](C)C3)C2)s1. The van der Waals surface area contributed by atoms with Crippen molar-refractivity contribution >= 4 is 11.3 Å². The van der Waals surface area contributed by atoms with Crippen molar-refractivity contribution in [3.05, 3.63) is 21.9 Å². The average Bonchev–Trinajstić information content (AvgIpc) is 3.07. The Balaban J connectivity index is 1.62. The Morgan fingerprint density at radius 2 is 1.86 bits per heavy atom. The van der Waals surface area contributed by atoms with E-state index < -0.39 is 0 Å². The molecule has 21 heavy (non-hydrogen) atoms. The van der Waals surface area contributed by atoms with Gasteiger partial charge in [-0.25, -0.2) is 0 Å². The van der Waals surface area contributed by atoms with Gasteiger partial charge in [-0.1, -0.05) is 13.8 Å². The Morgan fingerprint density at radius 3 is 2.48 bits per heavy atom. The zero-order chi connectivity index (χ0) is 15.0. The first kappa shape index (κ1) is 15.5. The first-order valence-electron chi connectivity index (χ1n) is 8.52. The summed E-state index contributed by atoms with van der Waals surface area (Å²) in [5.41, 5.74) is 0. The van der Waals surface area contributed by atoms with Crippen molar-refractivity contribution in [3.8, 4) is 0 Å². The Labute approximate surface area is 133 Å². The summed E-state index contributed by atoms with van der Waals surface area (Å²) in [7, 11) is 0. The molecule has 0 N–H and O–H groups in total. The normalized spacial score (nSPS) is 34.7. The molecule has 0 spiro atoms. The number of thiophene rings is 1. The molecule has 2 fully saturated rings. The van der Waals surface area contributed by atoms with E-state index in [2.05, 4.69) is 44.7 Å². The molecule has 0 amide bonds. The minimum Gasteiger partial charge on any atom is -0.373 e. The molecule has 0 unspecified atom stereocenters. The zero-order valence-electron chi connectivity index (χ0n) is 13.8. The van der Waals surface area contributed by atoms with E-state index in [0.29, 0.717) is 18.1 Å². The van der Waals surface area contributed by atoms with Gasteiger partial charge in [0.15, 0.2) is 0 Å². The lowest BCUT2D eigenvalue weighted by Crippen LogP contribution is -2.49. The van der Waals surface area contributed by atoms with E-state index in [1.165, 1.54) is 19.3 Å². The van der Waals surface area contributed by atoms with Crippen LogP contribution in [0, 0.1) is 0 Å². The third-order valence-electron chi connectivity index (χ3n) is 4.99. The van der Waals surface area contributed by atoms with Gasteiger partial charge < -0.3 is 4.74 Å². The van der Waals surface area contributed by atoms with E-state index in [-0.39, 0.29) is 0 Å². The van der Waals surface area contributed by atoms with Crippen LogP contribution in [0.4, 0.5) is 0 Å². The van der Waals surface area contributed by atoms with Gasteiger partial charge in [0.05, 0.1) is 12.2 Å². The number of rotatable bonds is 3. The van der Waals surface area contributed by atoms with Gasteiger partial charge >= 0.3 is 0 Å². The van der Waals surface area contributed by atoms with Gasteiger partial charge in [0.25, 0.3) is 0 Å². The van der Waals surface area contributed by atoms with Crippen molar-refractivity contribution in [3.63, 3.8) is 0 Å². The fourth-order valence-corrected chi connectivity index (χ4v) is 5.12. The Kier molecular flexibility index (Phi) is 4.72. The van der Waals surface area contributed by atoms with Crippen LogP contribution in [0.15, 0.2) is 12.1 Å². The average molecular weight is 308 g/mol. The van der Waals surface area contributed by atoms with Crippen LogP contribution in [0.5, 0.6) is 0 Å². The molecule has 1 aliphatic heterocycles. The molecule has 118 valence electrons. The molecule has 0 aromatic carbocycles. The number of nitrogens with zero attached hydrogens (tertiary/aromatic N) is 1. The Morgan fingerprint density at radius 1 is 1.14 bits per heavy atom. The van der Waals surface area contributed by atoms with E-state index in [1.807, 2.05) is 11.3 Å². The van der Waals surface area contributed by atoms with Gasteiger partial charge in [-0.3, -0.25) is 4.90 Å². The van der Waals surface area contributed by atoms with Gasteiger partial charge in [0.1, 0.15) is 0 Å². The van der Waals surface area contributed by atoms with E-state index in [9.17, 15) is 0 Å². The van der Waals surface area contributed by atoms with Crippen LogP contribution in [-0.4, -0.2) is 36.2 Å². The third kappa shape index (κ3) is 3.52. The Hall–Kier alpha value is -0.380. The fraction of sp³-hybridized carbons (Fsp3) is 0.778. The molecule has 3 rings (SSSR count). The number of ether oxygens (including phenoxy) is 1. The third-order valence-corrected chi connectivity index (χ3v) is 6.54. The zero-order valence-corrected chi connectivity index (χ0v) is 14.7. The van der Waals surface area contributed by atoms with Crippen molar-refractivity contribution < 1.29 is 4.74 Å². The summed E-state index contributed by atoms with van der Waals surface area (Å²) in [6.07, 6.45) is 4.85. The molecular weight excluding hydrogens is 278 g/mol. The highest BCUT2D eigenvalue weighted by molar-refractivity contribution is 7.12. The quantitative estimate of drug-likeness (QED) is 0.808. The largest absolute Gasteiger partial charge is 0.373 e. The second-order valence-corrected chi connectivity index (χ2v) is 8.42. The molecule has 3 heteroatoms. The highest BCUT2D eigenvalue weighted by Gasteiger charge is 2.34. The van der Waals surface area contributed by atoms with Gasteiger partial charge in [0.2, 0.25) is 0 Å². The molecule has 1 aliphatic carbocycles. The molecule has 1 saturated heterocycles. The smallest absolute Gasteiger partial charge is 0.0678 e. The summed E-state index contributed by atoms with van der Waals surface area (Å²) in [6, 6.07) is 5.50. The lowest BCUT2D eigenvalue weighted by atomic mass is 10.0. The summed E-state index contributed by atoms with van der Waals surface area (Å²) in [5, 5.41) is 0. The Bertz CT molecular complexity index is 460. The van der Waals surface area contributed by atoms with Crippen LogP contribution in [0.25, 0.3) is 0 Å². The molecular formula is C18H29NOS. The van der Waals surface area contributed by atoms with Gasteiger partial charge in [-0.05, 0) is 57.1 Å². The van der Waals surface area contributed by atoms with Crippen molar-refractivity contribution in [1.82, 2.24) is 4.90 Å². The number of hydrogen-bond acceptors (Lipinski definition) is 3. The summed E-state index contributed by atoms with van der Waals surface area (Å²) in [5.74, 6) is 1.46. The standard InChI is InChI=1S/C18H29NOS/c1-12(2)17-7-8-18(21-17)15-5-6-16(9-15)19-10-13(3)20-14(4)11-19/h7-8,12-16H,5-6,9-11H2,1-4H3/t13-,14+,15-,16+/m1/s1. The summed E-state index contributed by atoms with van der Waals surface area (Å²) < 4.78 is 5.88.